The fourth-order valence-corrected chi connectivity index (χ4v) is 5.03. The number of aromatic amines is 1. The molecule has 3 aromatic rings. The van der Waals surface area contributed by atoms with Gasteiger partial charge in [-0.2, -0.15) is 0 Å². The van der Waals surface area contributed by atoms with Crippen molar-refractivity contribution >= 4 is 38.3 Å². The Kier molecular flexibility index (Phi) is 5.48. The van der Waals surface area contributed by atoms with Crippen LogP contribution in [0.25, 0.3) is 22.3 Å². The molecule has 1 amide bonds. The van der Waals surface area contributed by atoms with Gasteiger partial charge in [-0.3, -0.25) is 4.79 Å². The van der Waals surface area contributed by atoms with E-state index in [2.05, 4.69) is 20.2 Å². The Morgan fingerprint density at radius 1 is 1.26 bits per heavy atom. The number of rotatable bonds is 4. The molecule has 12 heteroatoms. The number of amides is 1. The van der Waals surface area contributed by atoms with E-state index in [1.165, 1.54) is 13.2 Å². The average molecular weight is 501 g/mol. The average Bonchev–Trinajstić information content (AvgIpc) is 3.25. The van der Waals surface area contributed by atoms with Gasteiger partial charge in [0.15, 0.2) is 27.2 Å². The zero-order chi connectivity index (χ0) is 25.1. The first-order valence-corrected chi connectivity index (χ1v) is 13.2. The number of H-pyrrole nitrogens is 1. The number of morpholine rings is 1. The van der Waals surface area contributed by atoms with Gasteiger partial charge in [0, 0.05) is 24.8 Å². The summed E-state index contributed by atoms with van der Waals surface area (Å²) in [4.78, 5) is 31.3. The van der Waals surface area contributed by atoms with Gasteiger partial charge < -0.3 is 24.7 Å². The van der Waals surface area contributed by atoms with Crippen LogP contribution in [0.2, 0.25) is 0 Å². The van der Waals surface area contributed by atoms with Crippen molar-refractivity contribution in [3.05, 3.63) is 24.2 Å². The van der Waals surface area contributed by atoms with E-state index in [9.17, 15) is 13.2 Å². The highest BCUT2D eigenvalue weighted by molar-refractivity contribution is 7.91. The lowest BCUT2D eigenvalue weighted by molar-refractivity contribution is -0.114. The third-order valence-electron chi connectivity index (χ3n) is 6.67. The van der Waals surface area contributed by atoms with E-state index >= 15 is 0 Å². The van der Waals surface area contributed by atoms with Gasteiger partial charge >= 0.3 is 0 Å². The van der Waals surface area contributed by atoms with Crippen LogP contribution in [0.5, 0.6) is 5.75 Å². The van der Waals surface area contributed by atoms with Crippen LogP contribution in [0.15, 0.2) is 18.5 Å². The second-order valence-electron chi connectivity index (χ2n) is 9.56. The van der Waals surface area contributed by atoms with Crippen LogP contribution in [-0.2, 0) is 24.1 Å². The molecular weight excluding hydrogens is 472 g/mol. The van der Waals surface area contributed by atoms with Crippen molar-refractivity contribution in [3.63, 3.8) is 0 Å². The molecule has 0 aliphatic carbocycles. The third-order valence-corrected chi connectivity index (χ3v) is 8.72. The Morgan fingerprint density at radius 3 is 2.74 bits per heavy atom. The van der Waals surface area contributed by atoms with E-state index in [1.807, 2.05) is 13.0 Å². The second-order valence-corrected chi connectivity index (χ2v) is 12.1. The Balaban J connectivity index is 1.84. The summed E-state index contributed by atoms with van der Waals surface area (Å²) in [6.45, 7) is 7.95. The van der Waals surface area contributed by atoms with E-state index < -0.39 is 14.6 Å². The topological polar surface area (TPSA) is 139 Å². The molecule has 5 heterocycles. The molecule has 11 nitrogen and oxygen atoms in total. The van der Waals surface area contributed by atoms with Gasteiger partial charge in [-0.15, -0.1) is 0 Å². The molecule has 1 saturated heterocycles. The standard InChI is InChI=1S/C23H28N6O5S/c1-12-9-33-10-14-11-34-18-19(23(3,4)35(5,31)32)27-21(28-22(18)29(12)14)17-15-6-7-24-16(15)8-25-20(17)26-13(2)30/h6-8,12,14,24H,9-11H2,1-5H3,(H,25,26,30)/t12-,14+/m1/s1. The normalized spacial score (nSPS) is 20.2. The molecule has 2 aliphatic heterocycles. The maximum atomic E-state index is 12.9. The molecule has 3 aromatic heterocycles. The highest BCUT2D eigenvalue weighted by atomic mass is 32.2. The summed E-state index contributed by atoms with van der Waals surface area (Å²) >= 11 is 0. The molecule has 35 heavy (non-hydrogen) atoms. The number of hydrogen-bond donors (Lipinski definition) is 2. The highest BCUT2D eigenvalue weighted by Gasteiger charge is 2.44. The summed E-state index contributed by atoms with van der Waals surface area (Å²) in [6.07, 6.45) is 4.56. The minimum Gasteiger partial charge on any atom is -0.486 e. The largest absolute Gasteiger partial charge is 0.486 e. The number of nitrogens with zero attached hydrogens (tertiary/aromatic N) is 4. The maximum Gasteiger partial charge on any atom is 0.222 e. The molecule has 5 rings (SSSR count). The van der Waals surface area contributed by atoms with Crippen LogP contribution in [-0.4, -0.2) is 72.4 Å². The molecule has 0 unspecified atom stereocenters. The smallest absolute Gasteiger partial charge is 0.222 e. The minimum atomic E-state index is -3.60. The van der Waals surface area contributed by atoms with Crippen molar-refractivity contribution < 1.29 is 22.7 Å². The van der Waals surface area contributed by atoms with Crippen molar-refractivity contribution in [3.8, 4) is 17.1 Å². The summed E-state index contributed by atoms with van der Waals surface area (Å²) in [5.74, 6) is 1.10. The number of carbonyl (C=O) groups is 1. The zero-order valence-corrected chi connectivity index (χ0v) is 21.1. The molecule has 2 N–H and O–H groups in total. The molecule has 186 valence electrons. The molecule has 1 fully saturated rings. The van der Waals surface area contributed by atoms with E-state index in [0.717, 1.165) is 10.9 Å². The van der Waals surface area contributed by atoms with Crippen molar-refractivity contribution in [2.45, 2.75) is 44.5 Å². The van der Waals surface area contributed by atoms with Crippen molar-refractivity contribution in [1.82, 2.24) is 19.9 Å². The third kappa shape index (κ3) is 3.80. The lowest BCUT2D eigenvalue weighted by atomic mass is 10.0. The second kappa shape index (κ2) is 8.16. The van der Waals surface area contributed by atoms with Gasteiger partial charge in [0.2, 0.25) is 5.91 Å². The van der Waals surface area contributed by atoms with Gasteiger partial charge in [-0.05, 0) is 26.8 Å². The van der Waals surface area contributed by atoms with Crippen LogP contribution >= 0.6 is 0 Å². The van der Waals surface area contributed by atoms with E-state index in [-0.39, 0.29) is 35.3 Å². The minimum absolute atomic E-state index is 0.00987. The van der Waals surface area contributed by atoms with E-state index in [4.69, 9.17) is 19.4 Å². The first-order valence-electron chi connectivity index (χ1n) is 11.3. The van der Waals surface area contributed by atoms with Crippen molar-refractivity contribution in [2.24, 2.45) is 0 Å². The van der Waals surface area contributed by atoms with E-state index in [0.29, 0.717) is 37.0 Å². The first-order chi connectivity index (χ1) is 16.5. The number of fused-ring (bicyclic) bond motifs is 4. The Hall–Kier alpha value is -3.25. The monoisotopic (exact) mass is 500 g/mol. The molecule has 0 saturated carbocycles. The van der Waals surface area contributed by atoms with Crippen molar-refractivity contribution in [1.29, 1.82) is 0 Å². The summed E-state index contributed by atoms with van der Waals surface area (Å²) in [7, 11) is -3.60. The summed E-state index contributed by atoms with van der Waals surface area (Å²) in [5, 5.41) is 3.51. The summed E-state index contributed by atoms with van der Waals surface area (Å²) in [5.41, 5.74) is 1.49. The van der Waals surface area contributed by atoms with Crippen LogP contribution in [0.1, 0.15) is 33.4 Å². The number of sulfone groups is 1. The SMILES string of the molecule is CC(=O)Nc1ncc2[nH]ccc2c1-c1nc2c(c(C(C)(C)S(C)(=O)=O)n1)OC[C@@H]1COC[C@@H](C)N21. The number of ether oxygens (including phenoxy) is 2. The molecule has 0 spiro atoms. The molecule has 0 aromatic carbocycles. The molecule has 2 atom stereocenters. The van der Waals surface area contributed by atoms with Gasteiger partial charge in [0.25, 0.3) is 0 Å². The maximum absolute atomic E-state index is 12.9. The molecule has 0 bridgehead atoms. The van der Waals surface area contributed by atoms with Crippen LogP contribution < -0.4 is 15.0 Å². The first kappa shape index (κ1) is 23.5. The number of pyridine rings is 1. The molecule has 2 aliphatic rings. The molecule has 0 radical (unpaired) electrons. The predicted molar refractivity (Wildman–Crippen MR) is 131 cm³/mol. The van der Waals surface area contributed by atoms with Crippen LogP contribution in [0, 0.1) is 0 Å². The predicted octanol–water partition coefficient (Wildman–Crippen LogP) is 2.24. The van der Waals surface area contributed by atoms with E-state index in [1.54, 1.807) is 26.2 Å². The van der Waals surface area contributed by atoms with Crippen molar-refractivity contribution in [2.75, 3.05) is 36.3 Å². The van der Waals surface area contributed by atoms with Gasteiger partial charge in [0.1, 0.15) is 22.9 Å². The fraction of sp³-hybridized carbons (Fsp3) is 0.478. The highest BCUT2D eigenvalue weighted by Crippen LogP contribution is 2.45. The molecular formula is C23H28N6O5S. The van der Waals surface area contributed by atoms with Crippen LogP contribution in [0.4, 0.5) is 11.6 Å². The fourth-order valence-electron chi connectivity index (χ4n) is 4.54. The van der Waals surface area contributed by atoms with Gasteiger partial charge in [-0.1, -0.05) is 0 Å². The number of carbonyl (C=O) groups excluding carboxylic acids is 1. The number of nitrogens with one attached hydrogen (secondary N) is 2. The Bertz CT molecular complexity index is 1430. The lowest BCUT2D eigenvalue weighted by Crippen LogP contribution is -2.56. The summed E-state index contributed by atoms with van der Waals surface area (Å²) in [6, 6.07) is 1.77. The number of hydrogen-bond acceptors (Lipinski definition) is 9. The van der Waals surface area contributed by atoms with Crippen LogP contribution in [0.3, 0.4) is 0 Å². The Labute approximate surface area is 203 Å². The summed E-state index contributed by atoms with van der Waals surface area (Å²) < 4.78 is 36.2. The Morgan fingerprint density at radius 2 is 2.03 bits per heavy atom. The van der Waals surface area contributed by atoms with Gasteiger partial charge in [-0.25, -0.2) is 23.4 Å². The van der Waals surface area contributed by atoms with Gasteiger partial charge in [0.05, 0.1) is 42.6 Å². The number of aromatic nitrogens is 4. The number of anilines is 2. The quantitative estimate of drug-likeness (QED) is 0.552. The zero-order valence-electron chi connectivity index (χ0n) is 20.2. The lowest BCUT2D eigenvalue weighted by Gasteiger charge is -2.45.